The van der Waals surface area contributed by atoms with Crippen LogP contribution in [-0.4, -0.2) is 46.5 Å². The van der Waals surface area contributed by atoms with Gasteiger partial charge in [-0.3, -0.25) is 9.58 Å². The summed E-state index contributed by atoms with van der Waals surface area (Å²) in [4.78, 5) is 2.75. The van der Waals surface area contributed by atoms with Crippen molar-refractivity contribution in [3.8, 4) is 0 Å². The molecule has 134 valence electrons. The Morgan fingerprint density at radius 2 is 1.92 bits per heavy atom. The van der Waals surface area contributed by atoms with E-state index in [1.165, 1.54) is 70.0 Å². The highest BCUT2D eigenvalue weighted by Gasteiger charge is 2.37. The average Bonchev–Trinajstić information content (AvgIpc) is 3.23. The first-order chi connectivity index (χ1) is 11.8. The number of aromatic nitrogens is 2. The molecule has 0 unspecified atom stereocenters. The maximum Gasteiger partial charge on any atom is 0.0745 e. The Labute approximate surface area is 146 Å². The van der Waals surface area contributed by atoms with Gasteiger partial charge in [-0.2, -0.15) is 5.10 Å². The van der Waals surface area contributed by atoms with Crippen LogP contribution >= 0.6 is 0 Å². The maximum atomic E-state index is 6.37. The lowest BCUT2D eigenvalue weighted by molar-refractivity contribution is 0.0176. The summed E-state index contributed by atoms with van der Waals surface area (Å²) >= 11 is 0. The van der Waals surface area contributed by atoms with Crippen molar-refractivity contribution in [2.45, 2.75) is 69.9 Å². The summed E-state index contributed by atoms with van der Waals surface area (Å²) in [5.41, 5.74) is 1.36. The topological polar surface area (TPSA) is 30.3 Å². The highest BCUT2D eigenvalue weighted by Crippen LogP contribution is 2.33. The van der Waals surface area contributed by atoms with Crippen molar-refractivity contribution in [1.29, 1.82) is 0 Å². The molecule has 1 aromatic rings. The predicted octanol–water partition coefficient (Wildman–Crippen LogP) is 3.41. The molecule has 1 aromatic heterocycles. The second kappa shape index (κ2) is 7.57. The van der Waals surface area contributed by atoms with E-state index in [0.29, 0.717) is 12.1 Å². The Hall–Kier alpha value is -0.870. The van der Waals surface area contributed by atoms with E-state index in [-0.39, 0.29) is 0 Å². The van der Waals surface area contributed by atoms with Crippen LogP contribution < -0.4 is 0 Å². The lowest BCUT2D eigenvalue weighted by Crippen LogP contribution is -2.41. The smallest absolute Gasteiger partial charge is 0.0745 e. The zero-order chi connectivity index (χ0) is 16.4. The lowest BCUT2D eigenvalue weighted by Gasteiger charge is -2.32. The van der Waals surface area contributed by atoms with Crippen LogP contribution in [0, 0.1) is 11.8 Å². The van der Waals surface area contributed by atoms with E-state index < -0.39 is 0 Å². The van der Waals surface area contributed by atoms with Crippen molar-refractivity contribution in [2.75, 3.05) is 19.7 Å². The Kier molecular flexibility index (Phi) is 5.23. The second-order valence-electron chi connectivity index (χ2n) is 8.40. The first-order valence-electron chi connectivity index (χ1n) is 10.1. The minimum atomic E-state index is 0.425. The third kappa shape index (κ3) is 4.20. The van der Waals surface area contributed by atoms with Gasteiger partial charge in [0.15, 0.2) is 0 Å². The molecule has 2 atom stereocenters. The molecule has 3 fully saturated rings. The zero-order valence-corrected chi connectivity index (χ0v) is 15.2. The monoisotopic (exact) mass is 331 g/mol. The largest absolute Gasteiger partial charge is 0.376 e. The predicted molar refractivity (Wildman–Crippen MR) is 95.9 cm³/mol. The molecule has 0 bridgehead atoms. The van der Waals surface area contributed by atoms with E-state index in [4.69, 9.17) is 4.74 Å². The zero-order valence-electron chi connectivity index (χ0n) is 15.2. The van der Waals surface area contributed by atoms with Gasteiger partial charge >= 0.3 is 0 Å². The molecule has 4 rings (SSSR count). The van der Waals surface area contributed by atoms with Crippen molar-refractivity contribution in [3.63, 3.8) is 0 Å². The number of nitrogens with zero attached hydrogens (tertiary/aromatic N) is 3. The van der Waals surface area contributed by atoms with Gasteiger partial charge in [-0.15, -0.1) is 0 Å². The minimum Gasteiger partial charge on any atom is -0.376 e. The first-order valence-corrected chi connectivity index (χ1v) is 10.1. The summed E-state index contributed by atoms with van der Waals surface area (Å²) in [7, 11) is 2.01. The third-order valence-electron chi connectivity index (χ3n) is 6.26. The molecule has 2 heterocycles. The van der Waals surface area contributed by atoms with Gasteiger partial charge in [0.1, 0.15) is 0 Å². The van der Waals surface area contributed by atoms with Crippen molar-refractivity contribution in [3.05, 3.63) is 18.0 Å². The van der Waals surface area contributed by atoms with Crippen LogP contribution in [0.3, 0.4) is 0 Å². The quantitative estimate of drug-likeness (QED) is 0.767. The van der Waals surface area contributed by atoms with Crippen LogP contribution in [0.2, 0.25) is 0 Å². The minimum absolute atomic E-state index is 0.425. The van der Waals surface area contributed by atoms with Crippen molar-refractivity contribution in [1.82, 2.24) is 14.7 Å². The molecule has 0 amide bonds. The van der Waals surface area contributed by atoms with Gasteiger partial charge in [0.2, 0.25) is 0 Å². The van der Waals surface area contributed by atoms with Gasteiger partial charge in [0.05, 0.1) is 12.3 Å². The number of rotatable bonds is 7. The molecule has 0 spiro atoms. The average molecular weight is 332 g/mol. The highest BCUT2D eigenvalue weighted by molar-refractivity contribution is 5.08. The maximum absolute atomic E-state index is 6.37. The Balaban J connectivity index is 1.39. The van der Waals surface area contributed by atoms with Gasteiger partial charge in [0.25, 0.3) is 0 Å². The van der Waals surface area contributed by atoms with Gasteiger partial charge in [-0.25, -0.2) is 0 Å². The number of aryl methyl sites for hydroxylation is 1. The first kappa shape index (κ1) is 16.6. The Morgan fingerprint density at radius 1 is 1.08 bits per heavy atom. The van der Waals surface area contributed by atoms with Gasteiger partial charge in [0, 0.05) is 39.0 Å². The fourth-order valence-corrected chi connectivity index (χ4v) is 4.63. The van der Waals surface area contributed by atoms with Crippen LogP contribution in [0.25, 0.3) is 0 Å². The summed E-state index contributed by atoms with van der Waals surface area (Å²) in [5.74, 6) is 1.77. The number of hydrogen-bond donors (Lipinski definition) is 0. The van der Waals surface area contributed by atoms with Gasteiger partial charge in [-0.1, -0.05) is 19.3 Å². The molecule has 0 aromatic carbocycles. The number of hydrogen-bond acceptors (Lipinski definition) is 3. The SMILES string of the molecule is Cn1cc(C[C@H]2[C@H](OCC3CC3)CCN2CC2CCCCC2)cn1. The van der Waals surface area contributed by atoms with E-state index in [2.05, 4.69) is 16.2 Å². The summed E-state index contributed by atoms with van der Waals surface area (Å²) < 4.78 is 8.30. The fraction of sp³-hybridized carbons (Fsp3) is 0.850. The summed E-state index contributed by atoms with van der Waals surface area (Å²) in [6.07, 6.45) is 16.9. The number of ether oxygens (including phenoxy) is 1. The van der Waals surface area contributed by atoms with E-state index in [9.17, 15) is 0 Å². The molecule has 0 N–H and O–H groups in total. The summed E-state index contributed by atoms with van der Waals surface area (Å²) in [6, 6.07) is 0.551. The normalized spacial score (nSPS) is 29.4. The highest BCUT2D eigenvalue weighted by atomic mass is 16.5. The molecule has 4 nitrogen and oxygen atoms in total. The molecule has 2 saturated carbocycles. The van der Waals surface area contributed by atoms with Crippen molar-refractivity contribution >= 4 is 0 Å². The molecule has 0 radical (unpaired) electrons. The Bertz CT molecular complexity index is 519. The molecule has 1 aliphatic heterocycles. The second-order valence-corrected chi connectivity index (χ2v) is 8.40. The fourth-order valence-electron chi connectivity index (χ4n) is 4.63. The van der Waals surface area contributed by atoms with E-state index in [1.54, 1.807) is 0 Å². The molecule has 2 aliphatic carbocycles. The van der Waals surface area contributed by atoms with Crippen LogP contribution in [0.4, 0.5) is 0 Å². The standard InChI is InChI=1S/C20H33N3O/c1-22-13-18(12-21-22)11-19-20(24-15-17-7-8-17)9-10-23(19)14-16-5-3-2-4-6-16/h12-13,16-17,19-20H,2-11,14-15H2,1H3/t19-,20+/m0/s1. The lowest BCUT2D eigenvalue weighted by atomic mass is 9.88. The van der Waals surface area contributed by atoms with Crippen molar-refractivity contribution < 1.29 is 4.74 Å². The molecule has 24 heavy (non-hydrogen) atoms. The van der Waals surface area contributed by atoms with Gasteiger partial charge in [-0.05, 0) is 55.9 Å². The Morgan fingerprint density at radius 3 is 2.62 bits per heavy atom. The van der Waals surface area contributed by atoms with Crippen LogP contribution in [0.5, 0.6) is 0 Å². The third-order valence-corrected chi connectivity index (χ3v) is 6.26. The van der Waals surface area contributed by atoms with Gasteiger partial charge < -0.3 is 4.74 Å². The van der Waals surface area contributed by atoms with E-state index in [0.717, 1.165) is 24.9 Å². The van der Waals surface area contributed by atoms with Crippen LogP contribution in [0.15, 0.2) is 12.4 Å². The van der Waals surface area contributed by atoms with E-state index in [1.807, 2.05) is 17.9 Å². The molecule has 1 saturated heterocycles. The molecular weight excluding hydrogens is 298 g/mol. The molecule has 3 aliphatic rings. The van der Waals surface area contributed by atoms with Crippen LogP contribution in [0.1, 0.15) is 56.9 Å². The van der Waals surface area contributed by atoms with E-state index >= 15 is 0 Å². The summed E-state index contributed by atoms with van der Waals surface area (Å²) in [6.45, 7) is 3.50. The summed E-state index contributed by atoms with van der Waals surface area (Å²) in [5, 5.41) is 4.37. The number of likely N-dealkylation sites (tertiary alicyclic amines) is 1. The van der Waals surface area contributed by atoms with Crippen LogP contribution in [-0.2, 0) is 18.2 Å². The van der Waals surface area contributed by atoms with Crippen molar-refractivity contribution in [2.24, 2.45) is 18.9 Å². The molecular formula is C20H33N3O. The molecule has 4 heteroatoms.